The van der Waals surface area contributed by atoms with Gasteiger partial charge >= 0.3 is 0 Å². The Morgan fingerprint density at radius 3 is 2.65 bits per heavy atom. The van der Waals surface area contributed by atoms with Crippen molar-refractivity contribution in [1.82, 2.24) is 10.2 Å². The van der Waals surface area contributed by atoms with Gasteiger partial charge in [0, 0.05) is 31.1 Å². The molecule has 0 saturated carbocycles. The van der Waals surface area contributed by atoms with E-state index in [0.717, 1.165) is 36.1 Å². The fraction of sp³-hybridized carbons (Fsp3) is 0.533. The van der Waals surface area contributed by atoms with Crippen LogP contribution in [0.3, 0.4) is 0 Å². The minimum absolute atomic E-state index is 0.0818. The second-order valence-corrected chi connectivity index (χ2v) is 7.40. The molecule has 1 N–H and O–H groups in total. The van der Waals surface area contributed by atoms with Crippen molar-refractivity contribution in [3.8, 4) is 0 Å². The molecule has 2 heterocycles. The Kier molecular flexibility index (Phi) is 4.24. The molecule has 1 amide bonds. The quantitative estimate of drug-likeness (QED) is 0.871. The summed E-state index contributed by atoms with van der Waals surface area (Å²) in [6, 6.07) is 7.71. The highest BCUT2D eigenvalue weighted by Crippen LogP contribution is 2.33. The third-order valence-corrected chi connectivity index (χ3v) is 5.80. The number of rotatable bonds is 3. The number of hydrogen-bond donors (Lipinski definition) is 1. The predicted octanol–water partition coefficient (Wildman–Crippen LogP) is 2.50. The first-order valence-corrected chi connectivity index (χ1v) is 8.31. The molecule has 0 aliphatic carbocycles. The highest BCUT2D eigenvalue weighted by atomic mass is 35.5. The minimum Gasteiger partial charge on any atom is -0.341 e. The van der Waals surface area contributed by atoms with Gasteiger partial charge in [-0.05, 0) is 30.9 Å². The van der Waals surface area contributed by atoms with Gasteiger partial charge in [-0.25, -0.2) is 0 Å². The first kappa shape index (κ1) is 14.2. The zero-order valence-electron chi connectivity index (χ0n) is 11.5. The lowest BCUT2D eigenvalue weighted by Crippen LogP contribution is -2.36. The molecule has 3 rings (SSSR count). The van der Waals surface area contributed by atoms with Crippen LogP contribution in [-0.2, 0) is 4.79 Å². The molecule has 1 unspecified atom stereocenters. The van der Waals surface area contributed by atoms with Crippen LogP contribution >= 0.6 is 23.4 Å². The second-order valence-electron chi connectivity index (χ2n) is 5.61. The summed E-state index contributed by atoms with van der Waals surface area (Å²) in [5.41, 5.74) is 0. The van der Waals surface area contributed by atoms with Gasteiger partial charge in [0.1, 0.15) is 0 Å². The van der Waals surface area contributed by atoms with E-state index in [1.165, 1.54) is 0 Å². The van der Waals surface area contributed by atoms with E-state index < -0.39 is 0 Å². The van der Waals surface area contributed by atoms with Crippen molar-refractivity contribution < 1.29 is 4.79 Å². The second kappa shape index (κ2) is 5.96. The summed E-state index contributed by atoms with van der Waals surface area (Å²) in [5, 5.41) is 4.04. The smallest absolute Gasteiger partial charge is 0.235 e. The number of carbonyl (C=O) groups excluding carboxylic acids is 1. The van der Waals surface area contributed by atoms with Crippen molar-refractivity contribution in [3.63, 3.8) is 0 Å². The molecule has 3 nitrogen and oxygen atoms in total. The van der Waals surface area contributed by atoms with Crippen LogP contribution in [-0.4, -0.2) is 42.2 Å². The van der Waals surface area contributed by atoms with Crippen LogP contribution in [0, 0.1) is 11.8 Å². The molecule has 2 aliphatic heterocycles. The van der Waals surface area contributed by atoms with E-state index >= 15 is 0 Å². The standard InChI is InChI=1S/C15H19ClN2OS/c1-10(20-14-5-3-2-4-13(14)16)15(19)18-8-11-6-17-7-12(11)9-18/h2-5,10-12,17H,6-9H2,1H3/t10?,11-,12+. The van der Waals surface area contributed by atoms with Crippen molar-refractivity contribution in [3.05, 3.63) is 29.3 Å². The van der Waals surface area contributed by atoms with Crippen molar-refractivity contribution in [2.75, 3.05) is 26.2 Å². The Bertz CT molecular complexity index is 498. The topological polar surface area (TPSA) is 32.3 Å². The minimum atomic E-state index is -0.0818. The van der Waals surface area contributed by atoms with Gasteiger partial charge in [0.15, 0.2) is 0 Å². The highest BCUT2D eigenvalue weighted by molar-refractivity contribution is 8.00. The Morgan fingerprint density at radius 1 is 1.35 bits per heavy atom. The molecule has 0 radical (unpaired) electrons. The molecule has 3 atom stereocenters. The van der Waals surface area contributed by atoms with Gasteiger partial charge in [-0.1, -0.05) is 23.7 Å². The average molecular weight is 311 g/mol. The Morgan fingerprint density at radius 2 is 2.00 bits per heavy atom. The number of carbonyl (C=O) groups is 1. The van der Waals surface area contributed by atoms with Crippen LogP contribution in [0.5, 0.6) is 0 Å². The number of nitrogens with one attached hydrogen (secondary N) is 1. The summed E-state index contributed by atoms with van der Waals surface area (Å²) < 4.78 is 0. The fourth-order valence-electron chi connectivity index (χ4n) is 3.07. The van der Waals surface area contributed by atoms with Gasteiger partial charge in [-0.3, -0.25) is 4.79 Å². The van der Waals surface area contributed by atoms with Crippen molar-refractivity contribution in [2.45, 2.75) is 17.1 Å². The van der Waals surface area contributed by atoms with Crippen LogP contribution in [0.2, 0.25) is 5.02 Å². The number of likely N-dealkylation sites (tertiary alicyclic amines) is 1. The molecule has 1 aromatic rings. The number of amides is 1. The number of fused-ring (bicyclic) bond motifs is 1. The Balaban J connectivity index is 1.61. The largest absolute Gasteiger partial charge is 0.341 e. The molecular formula is C15H19ClN2OS. The number of thioether (sulfide) groups is 1. The maximum absolute atomic E-state index is 12.5. The van der Waals surface area contributed by atoms with Crippen molar-refractivity contribution in [2.24, 2.45) is 11.8 Å². The van der Waals surface area contributed by atoms with Gasteiger partial charge in [-0.2, -0.15) is 0 Å². The molecule has 2 fully saturated rings. The van der Waals surface area contributed by atoms with Crippen LogP contribution < -0.4 is 5.32 Å². The van der Waals surface area contributed by atoms with Crippen molar-refractivity contribution in [1.29, 1.82) is 0 Å². The van der Waals surface area contributed by atoms with Crippen LogP contribution in [0.25, 0.3) is 0 Å². The number of benzene rings is 1. The van der Waals surface area contributed by atoms with E-state index in [1.807, 2.05) is 36.1 Å². The predicted molar refractivity (Wildman–Crippen MR) is 83.2 cm³/mol. The zero-order valence-corrected chi connectivity index (χ0v) is 13.1. The van der Waals surface area contributed by atoms with Crippen molar-refractivity contribution >= 4 is 29.3 Å². The fourth-order valence-corrected chi connectivity index (χ4v) is 4.31. The number of nitrogens with zero attached hydrogens (tertiary/aromatic N) is 1. The van der Waals surface area contributed by atoms with Gasteiger partial charge in [-0.15, -0.1) is 11.8 Å². The zero-order chi connectivity index (χ0) is 14.1. The molecule has 0 spiro atoms. The third kappa shape index (κ3) is 2.83. The van der Waals surface area contributed by atoms with E-state index in [1.54, 1.807) is 11.8 Å². The summed E-state index contributed by atoms with van der Waals surface area (Å²) in [4.78, 5) is 15.5. The van der Waals surface area contributed by atoms with Gasteiger partial charge < -0.3 is 10.2 Å². The molecule has 2 saturated heterocycles. The number of hydrogen-bond acceptors (Lipinski definition) is 3. The van der Waals surface area contributed by atoms with E-state index in [4.69, 9.17) is 11.6 Å². The molecule has 5 heteroatoms. The molecule has 20 heavy (non-hydrogen) atoms. The van der Waals surface area contributed by atoms with Crippen LogP contribution in [0.15, 0.2) is 29.2 Å². The molecular weight excluding hydrogens is 292 g/mol. The molecule has 2 aliphatic rings. The molecule has 0 aromatic heterocycles. The molecule has 0 bridgehead atoms. The Hall–Kier alpha value is -0.710. The summed E-state index contributed by atoms with van der Waals surface area (Å²) in [5.74, 6) is 1.54. The lowest BCUT2D eigenvalue weighted by atomic mass is 10.0. The molecule has 1 aromatic carbocycles. The van der Waals surface area contributed by atoms with Gasteiger partial charge in [0.2, 0.25) is 5.91 Å². The highest BCUT2D eigenvalue weighted by Gasteiger charge is 2.39. The normalized spacial score (nSPS) is 26.6. The Labute approximate surface area is 129 Å². The lowest BCUT2D eigenvalue weighted by Gasteiger charge is -2.21. The summed E-state index contributed by atoms with van der Waals surface area (Å²) in [7, 11) is 0. The lowest BCUT2D eigenvalue weighted by molar-refractivity contribution is -0.129. The summed E-state index contributed by atoms with van der Waals surface area (Å²) in [6.45, 7) is 5.90. The van der Waals surface area contributed by atoms with E-state index in [9.17, 15) is 4.79 Å². The average Bonchev–Trinajstić information content (AvgIpc) is 3.01. The molecule has 108 valence electrons. The first-order valence-electron chi connectivity index (χ1n) is 7.06. The number of halogens is 1. The summed E-state index contributed by atoms with van der Waals surface area (Å²) in [6.07, 6.45) is 0. The SMILES string of the molecule is CC(Sc1ccccc1Cl)C(=O)N1C[C@H]2CNC[C@H]2C1. The monoisotopic (exact) mass is 310 g/mol. The van der Waals surface area contributed by atoms with E-state index in [2.05, 4.69) is 5.32 Å². The van der Waals surface area contributed by atoms with Gasteiger partial charge in [0.25, 0.3) is 0 Å². The van der Waals surface area contributed by atoms with Crippen LogP contribution in [0.4, 0.5) is 0 Å². The maximum atomic E-state index is 12.5. The first-order chi connectivity index (χ1) is 9.65. The summed E-state index contributed by atoms with van der Waals surface area (Å²) >= 11 is 7.71. The van der Waals surface area contributed by atoms with Crippen LogP contribution in [0.1, 0.15) is 6.92 Å². The third-order valence-electron chi connectivity index (χ3n) is 4.19. The van der Waals surface area contributed by atoms with E-state index in [-0.39, 0.29) is 11.2 Å². The maximum Gasteiger partial charge on any atom is 0.235 e. The van der Waals surface area contributed by atoms with E-state index in [0.29, 0.717) is 11.8 Å². The van der Waals surface area contributed by atoms with Gasteiger partial charge in [0.05, 0.1) is 10.3 Å².